The number of ether oxygens (including phenoxy) is 1. The Kier molecular flexibility index (Phi) is 8.83. The summed E-state index contributed by atoms with van der Waals surface area (Å²) in [4.78, 5) is 4.17. The van der Waals surface area contributed by atoms with Crippen LogP contribution in [-0.2, 0) is 4.74 Å². The lowest BCUT2D eigenvalue weighted by molar-refractivity contribution is 0.146. The summed E-state index contributed by atoms with van der Waals surface area (Å²) >= 11 is 1.43. The topological polar surface area (TPSA) is 57.4 Å². The molecule has 74 valence electrons. The summed E-state index contributed by atoms with van der Waals surface area (Å²) in [5.74, 6) is 0. The van der Waals surface area contributed by atoms with Crippen molar-refractivity contribution >= 4 is 16.9 Å². The Morgan fingerprint density at radius 1 is 1.69 bits per heavy atom. The van der Waals surface area contributed by atoms with Gasteiger partial charge < -0.3 is 4.74 Å². The summed E-state index contributed by atoms with van der Waals surface area (Å²) in [6, 6.07) is 0. The average molecular weight is 201 g/mol. The SMILES string of the molecule is CCOCCCN=C(NC#N)SC. The number of thioether (sulfide) groups is 1. The van der Waals surface area contributed by atoms with E-state index in [-0.39, 0.29) is 0 Å². The van der Waals surface area contributed by atoms with Crippen molar-refractivity contribution in [2.75, 3.05) is 26.0 Å². The number of nitriles is 1. The van der Waals surface area contributed by atoms with Crippen LogP contribution in [0.2, 0.25) is 0 Å². The summed E-state index contributed by atoms with van der Waals surface area (Å²) in [6.07, 6.45) is 4.61. The molecule has 0 heterocycles. The molecular weight excluding hydrogens is 186 g/mol. The minimum Gasteiger partial charge on any atom is -0.382 e. The summed E-state index contributed by atoms with van der Waals surface area (Å²) in [5.41, 5.74) is 0. The van der Waals surface area contributed by atoms with Gasteiger partial charge in [-0.05, 0) is 19.6 Å². The first kappa shape index (κ1) is 12.3. The molecule has 4 nitrogen and oxygen atoms in total. The molecule has 0 unspecified atom stereocenters. The third-order valence-electron chi connectivity index (χ3n) is 1.26. The van der Waals surface area contributed by atoms with Crippen LogP contribution in [0.25, 0.3) is 0 Å². The summed E-state index contributed by atoms with van der Waals surface area (Å²) in [7, 11) is 0. The first-order valence-electron chi connectivity index (χ1n) is 4.16. The molecule has 0 aromatic rings. The van der Waals surface area contributed by atoms with Gasteiger partial charge in [0.25, 0.3) is 0 Å². The number of nitrogens with zero attached hydrogens (tertiary/aromatic N) is 2. The van der Waals surface area contributed by atoms with E-state index in [1.165, 1.54) is 11.8 Å². The Labute approximate surface area is 83.4 Å². The van der Waals surface area contributed by atoms with Crippen LogP contribution < -0.4 is 5.32 Å². The molecule has 0 rings (SSSR count). The zero-order valence-corrected chi connectivity index (χ0v) is 8.86. The number of hydrogen-bond acceptors (Lipinski definition) is 4. The molecule has 0 amide bonds. The molecule has 0 fully saturated rings. The first-order valence-corrected chi connectivity index (χ1v) is 5.39. The highest BCUT2D eigenvalue weighted by atomic mass is 32.2. The largest absolute Gasteiger partial charge is 0.382 e. The third kappa shape index (κ3) is 7.62. The van der Waals surface area contributed by atoms with Crippen LogP contribution >= 0.6 is 11.8 Å². The fourth-order valence-corrected chi connectivity index (χ4v) is 1.06. The molecule has 0 radical (unpaired) electrons. The molecule has 0 aromatic carbocycles. The lowest BCUT2D eigenvalue weighted by Gasteiger charge is -2.00. The van der Waals surface area contributed by atoms with Gasteiger partial charge >= 0.3 is 0 Å². The molecule has 0 aromatic heterocycles. The molecule has 0 spiro atoms. The van der Waals surface area contributed by atoms with Crippen molar-refractivity contribution in [1.29, 1.82) is 5.26 Å². The highest BCUT2D eigenvalue weighted by Gasteiger charge is 1.92. The van der Waals surface area contributed by atoms with Crippen LogP contribution in [0.15, 0.2) is 4.99 Å². The molecule has 0 saturated heterocycles. The van der Waals surface area contributed by atoms with E-state index in [1.807, 2.05) is 19.4 Å². The van der Waals surface area contributed by atoms with Crippen LogP contribution in [0.3, 0.4) is 0 Å². The maximum absolute atomic E-state index is 8.33. The van der Waals surface area contributed by atoms with Crippen molar-refractivity contribution in [3.63, 3.8) is 0 Å². The average Bonchev–Trinajstić information content (AvgIpc) is 2.16. The summed E-state index contributed by atoms with van der Waals surface area (Å²) in [6.45, 7) is 4.14. The van der Waals surface area contributed by atoms with E-state index in [0.717, 1.165) is 19.6 Å². The van der Waals surface area contributed by atoms with Crippen molar-refractivity contribution in [3.05, 3.63) is 0 Å². The van der Waals surface area contributed by atoms with E-state index in [1.54, 1.807) is 0 Å². The lowest BCUT2D eigenvalue weighted by Crippen LogP contribution is -2.13. The third-order valence-corrected chi connectivity index (χ3v) is 1.88. The fourth-order valence-electron chi connectivity index (χ4n) is 0.694. The number of hydrogen-bond donors (Lipinski definition) is 1. The van der Waals surface area contributed by atoms with Crippen LogP contribution in [0.1, 0.15) is 13.3 Å². The second kappa shape index (κ2) is 9.36. The van der Waals surface area contributed by atoms with Crippen molar-refractivity contribution in [2.24, 2.45) is 4.99 Å². The van der Waals surface area contributed by atoms with Gasteiger partial charge in [0.05, 0.1) is 0 Å². The molecule has 13 heavy (non-hydrogen) atoms. The molecule has 0 aliphatic rings. The first-order chi connectivity index (χ1) is 6.35. The van der Waals surface area contributed by atoms with Crippen LogP contribution in [0, 0.1) is 11.5 Å². The highest BCUT2D eigenvalue weighted by molar-refractivity contribution is 8.13. The standard InChI is InChI=1S/C8H15N3OS/c1-3-12-6-4-5-10-8(13-2)11-7-9/h3-6H2,1-2H3,(H,10,11). The molecule has 0 saturated carbocycles. The molecule has 0 aliphatic heterocycles. The summed E-state index contributed by atoms with van der Waals surface area (Å²) < 4.78 is 5.15. The second-order valence-corrected chi connectivity index (χ2v) is 2.97. The van der Waals surface area contributed by atoms with Gasteiger partial charge in [-0.1, -0.05) is 11.8 Å². The predicted octanol–water partition coefficient (Wildman–Crippen LogP) is 1.20. The monoisotopic (exact) mass is 201 g/mol. The molecule has 0 atom stereocenters. The molecule has 0 aliphatic carbocycles. The van der Waals surface area contributed by atoms with E-state index in [2.05, 4.69) is 10.3 Å². The second-order valence-electron chi connectivity index (χ2n) is 2.18. The van der Waals surface area contributed by atoms with E-state index < -0.39 is 0 Å². The maximum Gasteiger partial charge on any atom is 0.183 e. The maximum atomic E-state index is 8.33. The van der Waals surface area contributed by atoms with Crippen LogP contribution in [0.5, 0.6) is 0 Å². The number of rotatable bonds is 5. The lowest BCUT2D eigenvalue weighted by atomic mass is 10.5. The number of nitrogens with one attached hydrogen (secondary N) is 1. The highest BCUT2D eigenvalue weighted by Crippen LogP contribution is 1.95. The Morgan fingerprint density at radius 2 is 2.46 bits per heavy atom. The molecule has 0 bridgehead atoms. The van der Waals surface area contributed by atoms with Crippen molar-refractivity contribution < 1.29 is 4.74 Å². The molecular formula is C8H15N3OS. The number of aliphatic imine (C=N–C) groups is 1. The zero-order valence-electron chi connectivity index (χ0n) is 8.04. The Bertz CT molecular complexity index is 188. The number of amidine groups is 1. The minimum atomic E-state index is 0.666. The van der Waals surface area contributed by atoms with E-state index in [0.29, 0.717) is 11.7 Å². The predicted molar refractivity (Wildman–Crippen MR) is 55.7 cm³/mol. The molecule has 1 N–H and O–H groups in total. The molecule has 5 heteroatoms. The van der Waals surface area contributed by atoms with Gasteiger partial charge in [0, 0.05) is 19.8 Å². The Hall–Kier alpha value is -0.730. The summed E-state index contributed by atoms with van der Waals surface area (Å²) in [5, 5.41) is 11.5. The van der Waals surface area contributed by atoms with Gasteiger partial charge in [0.2, 0.25) is 0 Å². The van der Waals surface area contributed by atoms with Crippen LogP contribution in [-0.4, -0.2) is 31.2 Å². The van der Waals surface area contributed by atoms with E-state index in [4.69, 9.17) is 10.00 Å². The van der Waals surface area contributed by atoms with Crippen molar-refractivity contribution in [3.8, 4) is 6.19 Å². The van der Waals surface area contributed by atoms with Gasteiger partial charge in [-0.2, -0.15) is 5.26 Å². The van der Waals surface area contributed by atoms with Crippen molar-refractivity contribution in [2.45, 2.75) is 13.3 Å². The van der Waals surface area contributed by atoms with Crippen molar-refractivity contribution in [1.82, 2.24) is 5.32 Å². The van der Waals surface area contributed by atoms with E-state index in [9.17, 15) is 0 Å². The van der Waals surface area contributed by atoms with Gasteiger partial charge in [-0.25, -0.2) is 0 Å². The van der Waals surface area contributed by atoms with Gasteiger partial charge in [0.15, 0.2) is 11.4 Å². The Balaban J connectivity index is 3.50. The fraction of sp³-hybridized carbons (Fsp3) is 0.750. The van der Waals surface area contributed by atoms with Crippen LogP contribution in [0.4, 0.5) is 0 Å². The van der Waals surface area contributed by atoms with Gasteiger partial charge in [-0.3, -0.25) is 10.3 Å². The minimum absolute atomic E-state index is 0.666. The zero-order chi connectivity index (χ0) is 9.94. The van der Waals surface area contributed by atoms with E-state index >= 15 is 0 Å². The normalized spacial score (nSPS) is 11.0. The quantitative estimate of drug-likeness (QED) is 0.239. The van der Waals surface area contributed by atoms with Gasteiger partial charge in [-0.15, -0.1) is 0 Å². The smallest absolute Gasteiger partial charge is 0.183 e. The Morgan fingerprint density at radius 3 is 3.00 bits per heavy atom. The van der Waals surface area contributed by atoms with Gasteiger partial charge in [0.1, 0.15) is 0 Å².